The summed E-state index contributed by atoms with van der Waals surface area (Å²) >= 11 is 0. The number of hydrogen-bond acceptors (Lipinski definition) is 6. The third-order valence-electron chi connectivity index (χ3n) is 6.39. The van der Waals surface area contributed by atoms with Crippen molar-refractivity contribution in [2.45, 2.75) is 31.6 Å². The Bertz CT molecular complexity index is 1270. The molecule has 0 aromatic heterocycles. The number of benzene rings is 2. The summed E-state index contributed by atoms with van der Waals surface area (Å²) in [5.74, 6) is -2.07. The molecule has 1 aliphatic carbocycles. The topological polar surface area (TPSA) is 122 Å². The second-order valence-corrected chi connectivity index (χ2v) is 8.37. The molecule has 2 atom stereocenters. The number of rotatable bonds is 4. The summed E-state index contributed by atoms with van der Waals surface area (Å²) in [6.07, 6.45) is 0.724. The third kappa shape index (κ3) is 3.53. The minimum absolute atomic E-state index is 0.0390. The van der Waals surface area contributed by atoms with Crippen LogP contribution in [0.4, 0.5) is 0 Å². The van der Waals surface area contributed by atoms with Gasteiger partial charge >= 0.3 is 11.9 Å². The average molecular weight is 447 g/mol. The number of Topliss-reactive ketones (excluding diaryl/α,β-unsaturated/α-hetero) is 1. The molecule has 168 valence electrons. The molecule has 3 aliphatic rings. The minimum atomic E-state index is -1.15. The van der Waals surface area contributed by atoms with Gasteiger partial charge in [-0.3, -0.25) is 4.79 Å². The molecule has 0 spiro atoms. The first-order valence-corrected chi connectivity index (χ1v) is 10.5. The van der Waals surface area contributed by atoms with E-state index in [1.54, 1.807) is 19.1 Å². The molecule has 2 aromatic carbocycles. The molecule has 2 unspecified atom stereocenters. The van der Waals surface area contributed by atoms with Crippen LogP contribution in [0, 0.1) is 0 Å². The van der Waals surface area contributed by atoms with E-state index in [1.807, 2.05) is 18.2 Å². The van der Waals surface area contributed by atoms with Crippen LogP contribution in [0.5, 0.6) is 11.5 Å². The van der Waals surface area contributed by atoms with E-state index in [1.165, 1.54) is 12.1 Å². The van der Waals surface area contributed by atoms with Crippen molar-refractivity contribution in [2.75, 3.05) is 6.79 Å². The van der Waals surface area contributed by atoms with Gasteiger partial charge in [0.1, 0.15) is 0 Å². The summed E-state index contributed by atoms with van der Waals surface area (Å²) in [4.78, 5) is 37.1. The highest BCUT2D eigenvalue weighted by Gasteiger charge is 2.41. The minimum Gasteiger partial charge on any atom is -0.478 e. The quantitative estimate of drug-likeness (QED) is 0.650. The number of nitrogens with one attached hydrogen (secondary N) is 1. The molecule has 2 aromatic rings. The summed E-state index contributed by atoms with van der Waals surface area (Å²) in [5, 5.41) is 22.5. The first kappa shape index (κ1) is 20.8. The lowest BCUT2D eigenvalue weighted by Gasteiger charge is -2.36. The maximum atomic E-state index is 13.4. The lowest BCUT2D eigenvalue weighted by atomic mass is 9.71. The maximum Gasteiger partial charge on any atom is 0.335 e. The van der Waals surface area contributed by atoms with Gasteiger partial charge in [-0.25, -0.2) is 9.59 Å². The molecule has 33 heavy (non-hydrogen) atoms. The Morgan fingerprint density at radius 1 is 0.970 bits per heavy atom. The molecule has 0 saturated carbocycles. The van der Waals surface area contributed by atoms with Gasteiger partial charge in [-0.05, 0) is 54.7 Å². The lowest BCUT2D eigenvalue weighted by molar-refractivity contribution is -0.133. The highest BCUT2D eigenvalue weighted by Crippen LogP contribution is 2.46. The van der Waals surface area contributed by atoms with E-state index in [0.717, 1.165) is 5.56 Å². The van der Waals surface area contributed by atoms with Crippen molar-refractivity contribution >= 4 is 17.7 Å². The predicted molar refractivity (Wildman–Crippen MR) is 116 cm³/mol. The Labute approximate surface area is 189 Å². The summed E-state index contributed by atoms with van der Waals surface area (Å²) in [6.45, 7) is 1.83. The normalized spacial score (nSPS) is 21.5. The second-order valence-electron chi connectivity index (χ2n) is 8.37. The number of hydrogen-bond donors (Lipinski definition) is 3. The molecule has 8 heteroatoms. The van der Waals surface area contributed by atoms with Crippen LogP contribution in [0.25, 0.3) is 0 Å². The van der Waals surface area contributed by atoms with Crippen molar-refractivity contribution in [1.29, 1.82) is 0 Å². The van der Waals surface area contributed by atoms with E-state index >= 15 is 0 Å². The van der Waals surface area contributed by atoms with Crippen LogP contribution in [-0.4, -0.2) is 34.7 Å². The number of carboxylic acids is 2. The molecule has 0 amide bonds. The van der Waals surface area contributed by atoms with Crippen molar-refractivity contribution in [3.05, 3.63) is 81.7 Å². The molecule has 0 saturated heterocycles. The fourth-order valence-corrected chi connectivity index (χ4v) is 4.91. The Kier molecular flexibility index (Phi) is 4.92. The zero-order valence-corrected chi connectivity index (χ0v) is 17.8. The molecule has 0 radical (unpaired) electrons. The van der Waals surface area contributed by atoms with E-state index in [9.17, 15) is 24.6 Å². The van der Waals surface area contributed by atoms with E-state index in [-0.39, 0.29) is 36.1 Å². The maximum absolute atomic E-state index is 13.4. The van der Waals surface area contributed by atoms with Gasteiger partial charge in [-0.1, -0.05) is 18.2 Å². The van der Waals surface area contributed by atoms with Crippen molar-refractivity contribution in [3.63, 3.8) is 0 Å². The molecule has 0 fully saturated rings. The van der Waals surface area contributed by atoms with Crippen LogP contribution in [0.1, 0.15) is 53.1 Å². The van der Waals surface area contributed by atoms with E-state index in [0.29, 0.717) is 40.5 Å². The molecular weight excluding hydrogens is 426 g/mol. The number of carbonyl (C=O) groups excluding carboxylic acids is 1. The SMILES string of the molecule is CC1=C(C(=O)O)C(c2cccc(C(=O)O)c2)C2=C(CC(c3ccc4c(c3)OCO4)CC2=O)N1. The number of carboxylic acid groups (broad SMARTS) is 2. The highest BCUT2D eigenvalue weighted by atomic mass is 16.7. The van der Waals surface area contributed by atoms with Gasteiger partial charge in [0.15, 0.2) is 17.3 Å². The summed E-state index contributed by atoms with van der Waals surface area (Å²) in [7, 11) is 0. The van der Waals surface area contributed by atoms with Gasteiger partial charge in [0.05, 0.1) is 11.1 Å². The van der Waals surface area contributed by atoms with Crippen LogP contribution >= 0.6 is 0 Å². The number of fused-ring (bicyclic) bond motifs is 1. The molecule has 3 N–H and O–H groups in total. The van der Waals surface area contributed by atoms with Gasteiger partial charge in [0.25, 0.3) is 0 Å². The van der Waals surface area contributed by atoms with Gasteiger partial charge in [0.2, 0.25) is 6.79 Å². The highest BCUT2D eigenvalue weighted by molar-refractivity contribution is 6.04. The third-order valence-corrected chi connectivity index (χ3v) is 6.39. The summed E-state index contributed by atoms with van der Waals surface area (Å²) in [6, 6.07) is 11.7. The second kappa shape index (κ2) is 7.81. The number of allylic oxidation sites excluding steroid dienone is 3. The van der Waals surface area contributed by atoms with Crippen molar-refractivity contribution < 1.29 is 34.1 Å². The van der Waals surface area contributed by atoms with Crippen molar-refractivity contribution in [3.8, 4) is 11.5 Å². The summed E-state index contributed by atoms with van der Waals surface area (Å²) < 4.78 is 10.8. The van der Waals surface area contributed by atoms with Crippen LogP contribution in [-0.2, 0) is 9.59 Å². The van der Waals surface area contributed by atoms with Crippen LogP contribution in [0.3, 0.4) is 0 Å². The number of aromatic carboxylic acids is 1. The molecule has 2 heterocycles. The number of dihydropyridines is 1. The Morgan fingerprint density at radius 3 is 2.52 bits per heavy atom. The van der Waals surface area contributed by atoms with E-state index in [2.05, 4.69) is 5.32 Å². The van der Waals surface area contributed by atoms with Crippen LogP contribution < -0.4 is 14.8 Å². The number of carbonyl (C=O) groups is 3. The number of ether oxygens (including phenoxy) is 2. The lowest BCUT2D eigenvalue weighted by Crippen LogP contribution is -2.35. The zero-order chi connectivity index (χ0) is 23.3. The first-order chi connectivity index (χ1) is 15.8. The first-order valence-electron chi connectivity index (χ1n) is 10.5. The van der Waals surface area contributed by atoms with E-state index < -0.39 is 17.9 Å². The molecule has 0 bridgehead atoms. The standard InChI is InChI=1S/C25H21NO7/c1-12-21(25(30)31)22(14-3-2-4-15(7-14)24(28)29)23-17(26-12)8-16(9-18(23)27)13-5-6-19-20(10-13)33-11-32-19/h2-7,10,16,22,26H,8-9,11H2,1H3,(H,28,29)(H,30,31). The van der Waals surface area contributed by atoms with Crippen LogP contribution in [0.2, 0.25) is 0 Å². The smallest absolute Gasteiger partial charge is 0.335 e. The van der Waals surface area contributed by atoms with Gasteiger partial charge in [0, 0.05) is 29.3 Å². The molecule has 8 nitrogen and oxygen atoms in total. The van der Waals surface area contributed by atoms with Crippen molar-refractivity contribution in [1.82, 2.24) is 5.32 Å². The van der Waals surface area contributed by atoms with E-state index in [4.69, 9.17) is 9.47 Å². The zero-order valence-electron chi connectivity index (χ0n) is 17.8. The van der Waals surface area contributed by atoms with Gasteiger partial charge < -0.3 is 25.0 Å². The largest absolute Gasteiger partial charge is 0.478 e. The Balaban J connectivity index is 1.57. The fraction of sp³-hybridized carbons (Fsp3) is 0.240. The summed E-state index contributed by atoms with van der Waals surface area (Å²) in [5.41, 5.74) is 2.99. The molecule has 5 rings (SSSR count). The number of ketones is 1. The van der Waals surface area contributed by atoms with Gasteiger partial charge in [-0.2, -0.15) is 0 Å². The Hall–Kier alpha value is -4.07. The van der Waals surface area contributed by atoms with Gasteiger partial charge in [-0.15, -0.1) is 0 Å². The monoisotopic (exact) mass is 447 g/mol. The average Bonchev–Trinajstić information content (AvgIpc) is 3.25. The van der Waals surface area contributed by atoms with Crippen molar-refractivity contribution in [2.24, 2.45) is 0 Å². The van der Waals surface area contributed by atoms with Crippen LogP contribution in [0.15, 0.2) is 65.0 Å². The fourth-order valence-electron chi connectivity index (χ4n) is 4.91. The predicted octanol–water partition coefficient (Wildman–Crippen LogP) is 3.56. The Morgan fingerprint density at radius 2 is 1.76 bits per heavy atom. The molecular formula is C25H21NO7. The number of aliphatic carboxylic acids is 1. The molecule has 2 aliphatic heterocycles.